The lowest BCUT2D eigenvalue weighted by Gasteiger charge is -2.27. The second kappa shape index (κ2) is 6.26. The van der Waals surface area contributed by atoms with Gasteiger partial charge in [-0.3, -0.25) is 0 Å². The van der Waals surface area contributed by atoms with Gasteiger partial charge in [0.2, 0.25) is 0 Å². The molecule has 0 radical (unpaired) electrons. The minimum Gasteiger partial charge on any atom is -0.394 e. The van der Waals surface area contributed by atoms with Crippen LogP contribution in [0, 0.1) is 16.7 Å². The standard InChI is InChI=1S/C21H23Cl2N3O4/c1-19(2)20(28)13(9-27)30-17(21(19,20)29)15-14-10(8-24)18(26-5-3-4-6-26)25-12(14)7-11(22)16(15)23/h7,13,17,25,27-29H,3-6,9H2,1-2H3/t13-,17+,20+,21-/m1/s1. The number of hydrogen-bond donors (Lipinski definition) is 4. The van der Waals surface area contributed by atoms with Gasteiger partial charge in [-0.05, 0) is 18.9 Å². The molecule has 3 heterocycles. The molecule has 3 aliphatic rings. The molecule has 2 aromatic rings. The number of nitrogens with one attached hydrogen (secondary N) is 1. The molecule has 160 valence electrons. The first kappa shape index (κ1) is 20.4. The van der Waals surface area contributed by atoms with Crippen LogP contribution in [0.4, 0.5) is 5.82 Å². The van der Waals surface area contributed by atoms with Crippen LogP contribution in [0.15, 0.2) is 6.07 Å². The van der Waals surface area contributed by atoms with Gasteiger partial charge in [0.05, 0.1) is 22.2 Å². The average Bonchev–Trinajstić information content (AvgIpc) is 3.28. The van der Waals surface area contributed by atoms with Crippen molar-refractivity contribution in [1.82, 2.24) is 4.98 Å². The van der Waals surface area contributed by atoms with E-state index in [1.165, 1.54) is 0 Å². The molecule has 0 unspecified atom stereocenters. The summed E-state index contributed by atoms with van der Waals surface area (Å²) in [6, 6.07) is 3.94. The SMILES string of the molecule is CC1(C)[C@]2(O)[C@H](c3c(Cl)c(Cl)cc4[nH]c(N5CCCC5)c(C#N)c34)O[C@H](CO)[C@]12O. The predicted octanol–water partition coefficient (Wildman–Crippen LogP) is 2.88. The lowest BCUT2D eigenvalue weighted by Crippen LogP contribution is -2.36. The Bertz CT molecular complexity index is 1100. The molecular weight excluding hydrogens is 429 g/mol. The number of fused-ring (bicyclic) bond motifs is 2. The molecule has 30 heavy (non-hydrogen) atoms. The zero-order valence-corrected chi connectivity index (χ0v) is 18.2. The highest BCUT2D eigenvalue weighted by molar-refractivity contribution is 6.43. The van der Waals surface area contributed by atoms with Gasteiger partial charge in [-0.25, -0.2) is 0 Å². The van der Waals surface area contributed by atoms with Crippen LogP contribution in [0.25, 0.3) is 10.9 Å². The summed E-state index contributed by atoms with van der Waals surface area (Å²) in [5.74, 6) is 0.693. The molecule has 0 bridgehead atoms. The van der Waals surface area contributed by atoms with Gasteiger partial charge in [0.1, 0.15) is 40.9 Å². The van der Waals surface area contributed by atoms with Crippen LogP contribution in [0.5, 0.6) is 0 Å². The second-order valence-electron chi connectivity index (χ2n) is 9.01. The molecule has 1 saturated carbocycles. The number of hydrogen-bond acceptors (Lipinski definition) is 6. The fourth-order valence-electron chi connectivity index (χ4n) is 5.74. The van der Waals surface area contributed by atoms with Gasteiger partial charge in [-0.1, -0.05) is 37.0 Å². The van der Waals surface area contributed by atoms with Gasteiger partial charge in [0, 0.05) is 29.5 Å². The maximum Gasteiger partial charge on any atom is 0.135 e. The van der Waals surface area contributed by atoms with E-state index in [1.807, 2.05) is 0 Å². The van der Waals surface area contributed by atoms with E-state index >= 15 is 0 Å². The topological polar surface area (TPSA) is 113 Å². The van der Waals surface area contributed by atoms with E-state index in [2.05, 4.69) is 16.0 Å². The number of nitrogens with zero attached hydrogens (tertiary/aromatic N) is 2. The van der Waals surface area contributed by atoms with Crippen LogP contribution < -0.4 is 4.90 Å². The fraction of sp³-hybridized carbons (Fsp3) is 0.571. The molecule has 9 heteroatoms. The summed E-state index contributed by atoms with van der Waals surface area (Å²) < 4.78 is 5.95. The number of aliphatic hydroxyl groups excluding tert-OH is 1. The zero-order valence-electron chi connectivity index (χ0n) is 16.7. The Balaban J connectivity index is 1.78. The summed E-state index contributed by atoms with van der Waals surface area (Å²) in [6.07, 6.45) is 0.0340. The number of nitriles is 1. The second-order valence-corrected chi connectivity index (χ2v) is 9.79. The van der Waals surface area contributed by atoms with Crippen LogP contribution in [-0.2, 0) is 4.74 Å². The van der Waals surface area contributed by atoms with Gasteiger partial charge in [0.15, 0.2) is 0 Å². The van der Waals surface area contributed by atoms with Crippen molar-refractivity contribution in [1.29, 1.82) is 5.26 Å². The number of halogens is 2. The number of benzene rings is 1. The van der Waals surface area contributed by atoms with Crippen LogP contribution in [0.2, 0.25) is 10.0 Å². The van der Waals surface area contributed by atoms with Crippen molar-refractivity contribution in [3.63, 3.8) is 0 Å². The first-order valence-corrected chi connectivity index (χ1v) is 10.8. The molecule has 2 aliphatic heterocycles. The van der Waals surface area contributed by atoms with Gasteiger partial charge in [-0.2, -0.15) is 5.26 Å². The van der Waals surface area contributed by atoms with E-state index in [0.29, 0.717) is 27.8 Å². The largest absolute Gasteiger partial charge is 0.394 e. The minimum absolute atomic E-state index is 0.162. The Morgan fingerprint density at radius 2 is 1.93 bits per heavy atom. The summed E-state index contributed by atoms with van der Waals surface area (Å²) in [7, 11) is 0. The van der Waals surface area contributed by atoms with Crippen molar-refractivity contribution in [2.75, 3.05) is 24.6 Å². The highest BCUT2D eigenvalue weighted by Crippen LogP contribution is 2.77. The number of H-pyrrole nitrogens is 1. The van der Waals surface area contributed by atoms with E-state index in [4.69, 9.17) is 27.9 Å². The van der Waals surface area contributed by atoms with Crippen molar-refractivity contribution in [3.05, 3.63) is 27.2 Å². The lowest BCUT2D eigenvalue weighted by molar-refractivity contribution is -0.0966. The minimum atomic E-state index is -1.69. The summed E-state index contributed by atoms with van der Waals surface area (Å²) in [5, 5.41) is 43.5. The van der Waals surface area contributed by atoms with Crippen molar-refractivity contribution in [2.45, 2.75) is 50.1 Å². The van der Waals surface area contributed by atoms with E-state index in [9.17, 15) is 20.6 Å². The molecule has 2 saturated heterocycles. The number of anilines is 1. The van der Waals surface area contributed by atoms with E-state index in [-0.39, 0.29) is 10.0 Å². The van der Waals surface area contributed by atoms with Crippen LogP contribution in [0.3, 0.4) is 0 Å². The third-order valence-electron chi connectivity index (χ3n) is 7.53. The third kappa shape index (κ3) is 2.10. The molecule has 1 aromatic carbocycles. The van der Waals surface area contributed by atoms with Crippen LogP contribution in [-0.4, -0.2) is 57.3 Å². The molecule has 1 aliphatic carbocycles. The molecule has 3 fully saturated rings. The number of aromatic amines is 1. The number of aromatic nitrogens is 1. The van der Waals surface area contributed by atoms with E-state index in [1.54, 1.807) is 19.9 Å². The third-order valence-corrected chi connectivity index (χ3v) is 8.33. The molecule has 1 aromatic heterocycles. The van der Waals surface area contributed by atoms with E-state index < -0.39 is 35.4 Å². The normalized spacial score (nSPS) is 34.4. The average molecular weight is 452 g/mol. The number of ether oxygens (including phenoxy) is 1. The maximum atomic E-state index is 11.5. The zero-order chi connectivity index (χ0) is 21.6. The van der Waals surface area contributed by atoms with Gasteiger partial charge in [0.25, 0.3) is 0 Å². The molecule has 0 amide bonds. The van der Waals surface area contributed by atoms with Crippen molar-refractivity contribution < 1.29 is 20.1 Å². The first-order valence-electron chi connectivity index (χ1n) is 10.0. The summed E-state index contributed by atoms with van der Waals surface area (Å²) in [5.41, 5.74) is -2.90. The first-order chi connectivity index (χ1) is 14.1. The highest BCUT2D eigenvalue weighted by atomic mass is 35.5. The fourth-order valence-corrected chi connectivity index (χ4v) is 6.20. The lowest BCUT2D eigenvalue weighted by atomic mass is 9.92. The van der Waals surface area contributed by atoms with Gasteiger partial charge in [-0.15, -0.1) is 0 Å². The highest BCUT2D eigenvalue weighted by Gasteiger charge is 2.92. The Kier molecular flexibility index (Phi) is 4.25. The number of aliphatic hydroxyl groups is 3. The van der Waals surface area contributed by atoms with Crippen molar-refractivity contribution in [2.24, 2.45) is 5.41 Å². The molecule has 5 rings (SSSR count). The van der Waals surface area contributed by atoms with Crippen LogP contribution >= 0.6 is 23.2 Å². The summed E-state index contributed by atoms with van der Waals surface area (Å²) in [4.78, 5) is 5.41. The van der Waals surface area contributed by atoms with Crippen molar-refractivity contribution >= 4 is 39.9 Å². The molecule has 7 nitrogen and oxygen atoms in total. The maximum absolute atomic E-state index is 11.5. The predicted molar refractivity (Wildman–Crippen MR) is 113 cm³/mol. The molecule has 0 spiro atoms. The van der Waals surface area contributed by atoms with Crippen LogP contribution in [0.1, 0.15) is 43.9 Å². The molecular formula is C21H23Cl2N3O4. The quantitative estimate of drug-likeness (QED) is 0.570. The Labute approximate surface area is 183 Å². The molecule has 4 N–H and O–H groups in total. The summed E-state index contributed by atoms with van der Waals surface area (Å²) in [6.45, 7) is 4.65. The van der Waals surface area contributed by atoms with Crippen molar-refractivity contribution in [3.8, 4) is 6.07 Å². The monoisotopic (exact) mass is 451 g/mol. The Morgan fingerprint density at radius 3 is 2.50 bits per heavy atom. The number of rotatable bonds is 3. The Hall–Kier alpha value is -1.53. The summed E-state index contributed by atoms with van der Waals surface area (Å²) >= 11 is 13.0. The Morgan fingerprint density at radius 1 is 1.27 bits per heavy atom. The van der Waals surface area contributed by atoms with Gasteiger partial charge < -0.3 is 29.9 Å². The van der Waals surface area contributed by atoms with E-state index in [0.717, 1.165) is 25.9 Å². The molecule has 4 atom stereocenters. The smallest absolute Gasteiger partial charge is 0.135 e. The van der Waals surface area contributed by atoms with Gasteiger partial charge >= 0.3 is 0 Å².